The fraction of sp³-hybridized carbons (Fsp3) is 0.250. The summed E-state index contributed by atoms with van der Waals surface area (Å²) in [6.07, 6.45) is 6.76. The molecule has 5 heteroatoms. The Kier molecular flexibility index (Phi) is 3.18. The Morgan fingerprint density at radius 3 is 3.00 bits per heavy atom. The van der Waals surface area contributed by atoms with Crippen molar-refractivity contribution in [1.29, 1.82) is 0 Å². The van der Waals surface area contributed by atoms with Crippen molar-refractivity contribution in [2.24, 2.45) is 7.05 Å². The third kappa shape index (κ3) is 2.50. The van der Waals surface area contributed by atoms with E-state index in [1.807, 2.05) is 13.0 Å². The van der Waals surface area contributed by atoms with Gasteiger partial charge in [-0.1, -0.05) is 0 Å². The van der Waals surface area contributed by atoms with Crippen molar-refractivity contribution < 1.29 is 0 Å². The summed E-state index contributed by atoms with van der Waals surface area (Å²) in [7, 11) is 1.70. The lowest BCUT2D eigenvalue weighted by atomic mass is 10.1. The first-order valence-corrected chi connectivity index (χ1v) is 5.33. The van der Waals surface area contributed by atoms with E-state index in [1.54, 1.807) is 31.8 Å². The lowest BCUT2D eigenvalue weighted by Crippen LogP contribution is -2.21. The molecule has 17 heavy (non-hydrogen) atoms. The topological polar surface area (TPSA) is 59.8 Å². The number of nitrogens with zero attached hydrogens (tertiary/aromatic N) is 3. The largest absolute Gasteiger partial charge is 0.361 e. The standard InChI is InChI=1S/C12H14N4O/c1-9-3-4-13-7-10(9)8-15-11-12(17)16(2)6-5-14-11/h3-7H,8H2,1-2H3,(H,14,15). The van der Waals surface area contributed by atoms with Crippen LogP contribution in [0, 0.1) is 6.92 Å². The number of aryl methyl sites for hydroxylation is 2. The zero-order chi connectivity index (χ0) is 12.3. The number of rotatable bonds is 3. The van der Waals surface area contributed by atoms with Gasteiger partial charge in [0, 0.05) is 38.4 Å². The summed E-state index contributed by atoms with van der Waals surface area (Å²) in [4.78, 5) is 19.8. The van der Waals surface area contributed by atoms with Crippen LogP contribution in [0.15, 0.2) is 35.6 Å². The minimum atomic E-state index is -0.131. The van der Waals surface area contributed by atoms with Crippen LogP contribution in [0.3, 0.4) is 0 Å². The number of hydrogen-bond acceptors (Lipinski definition) is 4. The molecule has 2 rings (SSSR count). The molecule has 0 aliphatic rings. The lowest BCUT2D eigenvalue weighted by molar-refractivity contribution is 0.838. The Labute approximate surface area is 99.2 Å². The first-order chi connectivity index (χ1) is 8.18. The molecule has 0 aromatic carbocycles. The van der Waals surface area contributed by atoms with Crippen LogP contribution < -0.4 is 10.9 Å². The molecule has 0 bridgehead atoms. The summed E-state index contributed by atoms with van der Waals surface area (Å²) in [5.74, 6) is 0.359. The number of hydrogen-bond donors (Lipinski definition) is 1. The first-order valence-electron chi connectivity index (χ1n) is 5.33. The summed E-state index contributed by atoms with van der Waals surface area (Å²) in [5.41, 5.74) is 2.06. The molecule has 0 saturated heterocycles. The second kappa shape index (κ2) is 4.78. The van der Waals surface area contributed by atoms with E-state index in [0.717, 1.165) is 11.1 Å². The van der Waals surface area contributed by atoms with E-state index in [0.29, 0.717) is 12.4 Å². The Morgan fingerprint density at radius 2 is 2.24 bits per heavy atom. The zero-order valence-electron chi connectivity index (χ0n) is 9.84. The highest BCUT2D eigenvalue weighted by molar-refractivity contribution is 5.33. The van der Waals surface area contributed by atoms with Crippen molar-refractivity contribution in [1.82, 2.24) is 14.5 Å². The zero-order valence-corrected chi connectivity index (χ0v) is 9.84. The van der Waals surface area contributed by atoms with Gasteiger partial charge in [0.25, 0.3) is 5.56 Å². The van der Waals surface area contributed by atoms with Gasteiger partial charge in [-0.05, 0) is 24.1 Å². The Hall–Kier alpha value is -2.17. The van der Waals surface area contributed by atoms with Crippen LogP contribution in [0.25, 0.3) is 0 Å². The van der Waals surface area contributed by atoms with Crippen molar-refractivity contribution >= 4 is 5.82 Å². The maximum Gasteiger partial charge on any atom is 0.293 e. The summed E-state index contributed by atoms with van der Waals surface area (Å²) in [6, 6.07) is 1.94. The van der Waals surface area contributed by atoms with Crippen LogP contribution in [0.1, 0.15) is 11.1 Å². The molecule has 2 aromatic rings. The molecular weight excluding hydrogens is 216 g/mol. The van der Waals surface area contributed by atoms with Crippen LogP contribution in [0.5, 0.6) is 0 Å². The predicted octanol–water partition coefficient (Wildman–Crippen LogP) is 1.10. The molecule has 0 radical (unpaired) electrons. The molecule has 2 heterocycles. The van der Waals surface area contributed by atoms with Gasteiger partial charge >= 0.3 is 0 Å². The number of pyridine rings is 1. The molecule has 0 aliphatic heterocycles. The van der Waals surface area contributed by atoms with Crippen LogP contribution in [-0.2, 0) is 13.6 Å². The molecule has 2 aromatic heterocycles. The van der Waals surface area contributed by atoms with E-state index in [1.165, 1.54) is 4.57 Å². The molecule has 0 unspecified atom stereocenters. The van der Waals surface area contributed by atoms with Gasteiger partial charge in [-0.2, -0.15) is 0 Å². The maximum absolute atomic E-state index is 11.7. The highest BCUT2D eigenvalue weighted by Crippen LogP contribution is 2.06. The van der Waals surface area contributed by atoms with Gasteiger partial charge in [-0.15, -0.1) is 0 Å². The fourth-order valence-electron chi connectivity index (χ4n) is 1.48. The van der Waals surface area contributed by atoms with Gasteiger partial charge in [0.1, 0.15) is 0 Å². The van der Waals surface area contributed by atoms with E-state index in [2.05, 4.69) is 15.3 Å². The minimum absolute atomic E-state index is 0.131. The Bertz CT molecular complexity index is 577. The predicted molar refractivity (Wildman–Crippen MR) is 65.8 cm³/mol. The average Bonchev–Trinajstić information content (AvgIpc) is 2.33. The number of nitrogens with one attached hydrogen (secondary N) is 1. The third-order valence-electron chi connectivity index (χ3n) is 2.61. The Morgan fingerprint density at radius 1 is 1.41 bits per heavy atom. The van der Waals surface area contributed by atoms with Crippen LogP contribution in [0.2, 0.25) is 0 Å². The molecule has 0 atom stereocenters. The average molecular weight is 230 g/mol. The minimum Gasteiger partial charge on any atom is -0.361 e. The number of anilines is 1. The van der Waals surface area contributed by atoms with Gasteiger partial charge in [0.2, 0.25) is 0 Å². The van der Waals surface area contributed by atoms with Crippen LogP contribution >= 0.6 is 0 Å². The van der Waals surface area contributed by atoms with Crippen molar-refractivity contribution in [2.45, 2.75) is 13.5 Å². The summed E-state index contributed by atoms with van der Waals surface area (Å²) in [5, 5.41) is 3.03. The van der Waals surface area contributed by atoms with E-state index >= 15 is 0 Å². The first kappa shape index (κ1) is 11.3. The van der Waals surface area contributed by atoms with Gasteiger partial charge in [-0.25, -0.2) is 4.98 Å². The molecule has 0 saturated carbocycles. The normalized spacial score (nSPS) is 10.2. The quantitative estimate of drug-likeness (QED) is 0.857. The molecule has 0 amide bonds. The SMILES string of the molecule is Cc1ccncc1CNc1nccn(C)c1=O. The van der Waals surface area contributed by atoms with Crippen molar-refractivity contribution in [2.75, 3.05) is 5.32 Å². The molecule has 0 spiro atoms. The van der Waals surface area contributed by atoms with Crippen molar-refractivity contribution in [3.05, 3.63) is 52.3 Å². The Balaban J connectivity index is 2.16. The van der Waals surface area contributed by atoms with Gasteiger partial charge in [-0.3, -0.25) is 9.78 Å². The second-order valence-electron chi connectivity index (χ2n) is 3.85. The summed E-state index contributed by atoms with van der Waals surface area (Å²) in [6.45, 7) is 2.56. The maximum atomic E-state index is 11.7. The highest BCUT2D eigenvalue weighted by atomic mass is 16.1. The van der Waals surface area contributed by atoms with Crippen LogP contribution in [-0.4, -0.2) is 14.5 Å². The molecular formula is C12H14N4O. The summed E-state index contributed by atoms with van der Waals surface area (Å²) >= 11 is 0. The van der Waals surface area contributed by atoms with E-state index < -0.39 is 0 Å². The molecule has 1 N–H and O–H groups in total. The monoisotopic (exact) mass is 230 g/mol. The lowest BCUT2D eigenvalue weighted by Gasteiger charge is -2.07. The highest BCUT2D eigenvalue weighted by Gasteiger charge is 2.03. The van der Waals surface area contributed by atoms with Crippen molar-refractivity contribution in [3.63, 3.8) is 0 Å². The van der Waals surface area contributed by atoms with Gasteiger partial charge < -0.3 is 9.88 Å². The second-order valence-corrected chi connectivity index (χ2v) is 3.85. The fourth-order valence-corrected chi connectivity index (χ4v) is 1.48. The van der Waals surface area contributed by atoms with Crippen LogP contribution in [0.4, 0.5) is 5.82 Å². The van der Waals surface area contributed by atoms with Gasteiger partial charge in [0.05, 0.1) is 0 Å². The third-order valence-corrected chi connectivity index (χ3v) is 2.61. The van der Waals surface area contributed by atoms with E-state index in [-0.39, 0.29) is 5.56 Å². The number of aromatic nitrogens is 3. The van der Waals surface area contributed by atoms with Gasteiger partial charge in [0.15, 0.2) is 5.82 Å². The summed E-state index contributed by atoms with van der Waals surface area (Å²) < 4.78 is 1.49. The smallest absolute Gasteiger partial charge is 0.293 e. The molecule has 0 fully saturated rings. The van der Waals surface area contributed by atoms with E-state index in [9.17, 15) is 4.79 Å². The van der Waals surface area contributed by atoms with Crippen molar-refractivity contribution in [3.8, 4) is 0 Å². The molecule has 0 aliphatic carbocycles. The van der Waals surface area contributed by atoms with E-state index in [4.69, 9.17) is 0 Å². The molecule has 5 nitrogen and oxygen atoms in total. The molecule has 88 valence electrons.